The Labute approximate surface area is 98.8 Å². The van der Waals surface area contributed by atoms with Gasteiger partial charge in [-0.2, -0.15) is 8.78 Å². The third-order valence-corrected chi connectivity index (χ3v) is 2.16. The van der Waals surface area contributed by atoms with Crippen LogP contribution in [0.2, 0.25) is 0 Å². The number of nitrogens with one attached hydrogen (secondary N) is 1. The lowest BCUT2D eigenvalue weighted by Crippen LogP contribution is -2.34. The van der Waals surface area contributed by atoms with Gasteiger partial charge in [0, 0.05) is 5.56 Å². The van der Waals surface area contributed by atoms with Gasteiger partial charge in [-0.3, -0.25) is 0 Å². The van der Waals surface area contributed by atoms with Crippen molar-refractivity contribution in [3.63, 3.8) is 0 Å². The fraction of sp³-hybridized carbons (Fsp3) is 0.400. The molecule has 2 nitrogen and oxygen atoms in total. The zero-order chi connectivity index (χ0) is 13.9. The second kappa shape index (κ2) is 5.36. The van der Waals surface area contributed by atoms with E-state index in [0.717, 1.165) is 18.2 Å². The molecule has 0 spiro atoms. The number of alkyl halides is 6. The number of benzene rings is 1. The van der Waals surface area contributed by atoms with Crippen LogP contribution in [0.4, 0.5) is 37.7 Å². The molecular weight excluding hydrogens is 262 g/mol. The number of rotatable bonds is 5. The van der Waals surface area contributed by atoms with E-state index in [2.05, 4.69) is 0 Å². The number of hydrogen-bond acceptors (Lipinski definition) is 2. The number of anilines is 2. The van der Waals surface area contributed by atoms with Gasteiger partial charge in [-0.1, -0.05) is 6.07 Å². The Bertz CT molecular complexity index is 407. The molecule has 8 heteroatoms. The van der Waals surface area contributed by atoms with E-state index >= 15 is 0 Å². The first kappa shape index (κ1) is 14.5. The van der Waals surface area contributed by atoms with Crippen LogP contribution in [0.5, 0.6) is 0 Å². The number of halogens is 6. The summed E-state index contributed by atoms with van der Waals surface area (Å²) in [6, 6.07) is 2.91. The number of hydrogen-bond donors (Lipinski definition) is 2. The maximum Gasteiger partial charge on any atom is 0.324 e. The van der Waals surface area contributed by atoms with Crippen molar-refractivity contribution in [1.29, 1.82) is 0 Å². The number of nitrogens with two attached hydrogens (primary N) is 1. The highest BCUT2D eigenvalue weighted by Gasteiger charge is 2.40. The second-order valence-corrected chi connectivity index (χ2v) is 3.56. The smallest absolute Gasteiger partial charge is 0.324 e. The average molecular weight is 272 g/mol. The van der Waals surface area contributed by atoms with E-state index in [9.17, 15) is 26.3 Å². The van der Waals surface area contributed by atoms with Crippen molar-refractivity contribution in [2.45, 2.75) is 18.8 Å². The Hall–Kier alpha value is -1.60. The van der Waals surface area contributed by atoms with Gasteiger partial charge < -0.3 is 11.1 Å². The summed E-state index contributed by atoms with van der Waals surface area (Å²) < 4.78 is 73.5. The van der Waals surface area contributed by atoms with E-state index in [0.29, 0.717) is 0 Å². The summed E-state index contributed by atoms with van der Waals surface area (Å²) in [5.74, 6) is -4.21. The van der Waals surface area contributed by atoms with Crippen molar-refractivity contribution in [2.75, 3.05) is 17.6 Å². The molecular formula is C10H10F6N2. The van der Waals surface area contributed by atoms with Crippen LogP contribution in [-0.2, 0) is 0 Å². The predicted molar refractivity (Wildman–Crippen MR) is 55.3 cm³/mol. The van der Waals surface area contributed by atoms with Gasteiger partial charge in [-0.05, 0) is 12.1 Å². The lowest BCUT2D eigenvalue weighted by molar-refractivity contribution is -0.117. The van der Waals surface area contributed by atoms with Crippen molar-refractivity contribution >= 4 is 11.4 Å². The Kier molecular flexibility index (Phi) is 4.31. The van der Waals surface area contributed by atoms with Crippen molar-refractivity contribution in [1.82, 2.24) is 0 Å². The summed E-state index contributed by atoms with van der Waals surface area (Å²) in [5.41, 5.74) is 4.65. The van der Waals surface area contributed by atoms with Gasteiger partial charge in [0.25, 0.3) is 6.43 Å². The molecule has 0 fully saturated rings. The van der Waals surface area contributed by atoms with Gasteiger partial charge in [-0.25, -0.2) is 17.6 Å². The topological polar surface area (TPSA) is 38.0 Å². The minimum atomic E-state index is -4.21. The Morgan fingerprint density at radius 1 is 1.17 bits per heavy atom. The van der Waals surface area contributed by atoms with Crippen LogP contribution in [-0.4, -0.2) is 18.9 Å². The highest BCUT2D eigenvalue weighted by molar-refractivity contribution is 5.67. The summed E-state index contributed by atoms with van der Waals surface area (Å²) in [7, 11) is 0. The van der Waals surface area contributed by atoms with Gasteiger partial charge in [0.05, 0.1) is 17.9 Å². The van der Waals surface area contributed by atoms with Gasteiger partial charge in [0.2, 0.25) is 0 Å². The summed E-state index contributed by atoms with van der Waals surface area (Å²) in [5, 5.41) is 2.00. The van der Waals surface area contributed by atoms with Gasteiger partial charge in [0.15, 0.2) is 0 Å². The maximum absolute atomic E-state index is 12.6. The average Bonchev–Trinajstić information content (AvgIpc) is 2.26. The van der Waals surface area contributed by atoms with Crippen LogP contribution in [0.25, 0.3) is 0 Å². The highest BCUT2D eigenvalue weighted by Crippen LogP contribution is 2.28. The normalized spacial score (nSPS) is 12.2. The van der Waals surface area contributed by atoms with E-state index in [-0.39, 0.29) is 16.9 Å². The first-order valence-corrected chi connectivity index (χ1v) is 4.81. The molecule has 3 N–H and O–H groups in total. The molecule has 0 aliphatic rings. The molecule has 0 aromatic heterocycles. The standard InChI is InChI=1S/C10H10F6N2/c11-8(12)5-1-2-7(6(17)3-5)18-4-10(15,16)9(13)14/h1-3,8-9,18H,4,17H2. The number of nitrogen functional groups attached to an aromatic ring is 1. The summed E-state index contributed by atoms with van der Waals surface area (Å²) >= 11 is 0. The quantitative estimate of drug-likeness (QED) is 0.635. The van der Waals surface area contributed by atoms with Crippen LogP contribution in [0, 0.1) is 0 Å². The molecule has 0 saturated heterocycles. The Balaban J connectivity index is 2.75. The largest absolute Gasteiger partial charge is 0.397 e. The zero-order valence-corrected chi connectivity index (χ0v) is 8.94. The minimum absolute atomic E-state index is 0.0975. The van der Waals surface area contributed by atoms with Crippen molar-refractivity contribution in [3.05, 3.63) is 23.8 Å². The molecule has 0 bridgehead atoms. The van der Waals surface area contributed by atoms with Crippen molar-refractivity contribution < 1.29 is 26.3 Å². The van der Waals surface area contributed by atoms with Crippen LogP contribution in [0.15, 0.2) is 18.2 Å². The fourth-order valence-corrected chi connectivity index (χ4v) is 1.17. The fourth-order valence-electron chi connectivity index (χ4n) is 1.17. The lowest BCUT2D eigenvalue weighted by atomic mass is 10.1. The van der Waals surface area contributed by atoms with Crippen LogP contribution in [0.3, 0.4) is 0 Å². The Morgan fingerprint density at radius 2 is 1.78 bits per heavy atom. The van der Waals surface area contributed by atoms with E-state index in [1.54, 1.807) is 0 Å². The molecule has 1 rings (SSSR count). The molecule has 0 amide bonds. The van der Waals surface area contributed by atoms with E-state index in [1.165, 1.54) is 0 Å². The highest BCUT2D eigenvalue weighted by atomic mass is 19.3. The summed E-state index contributed by atoms with van der Waals surface area (Å²) in [4.78, 5) is 0. The first-order valence-electron chi connectivity index (χ1n) is 4.81. The van der Waals surface area contributed by atoms with Crippen LogP contribution >= 0.6 is 0 Å². The molecule has 0 saturated carbocycles. The van der Waals surface area contributed by atoms with Gasteiger partial charge in [-0.15, -0.1) is 0 Å². The molecule has 0 aliphatic carbocycles. The predicted octanol–water partition coefficient (Wildman–Crippen LogP) is 3.52. The molecule has 1 aromatic carbocycles. The molecule has 102 valence electrons. The molecule has 0 unspecified atom stereocenters. The van der Waals surface area contributed by atoms with Crippen LogP contribution in [0.1, 0.15) is 12.0 Å². The molecule has 0 aliphatic heterocycles. The first-order chi connectivity index (χ1) is 8.24. The van der Waals surface area contributed by atoms with Gasteiger partial charge >= 0.3 is 12.3 Å². The minimum Gasteiger partial charge on any atom is -0.397 e. The molecule has 18 heavy (non-hydrogen) atoms. The summed E-state index contributed by atoms with van der Waals surface area (Å²) in [6.07, 6.45) is -6.56. The van der Waals surface area contributed by atoms with E-state index in [4.69, 9.17) is 5.73 Å². The van der Waals surface area contributed by atoms with Crippen molar-refractivity contribution in [2.24, 2.45) is 0 Å². The molecule has 0 atom stereocenters. The lowest BCUT2D eigenvalue weighted by Gasteiger charge is -2.17. The van der Waals surface area contributed by atoms with Crippen LogP contribution < -0.4 is 11.1 Å². The van der Waals surface area contributed by atoms with E-state index in [1.807, 2.05) is 5.32 Å². The third kappa shape index (κ3) is 3.44. The monoisotopic (exact) mass is 272 g/mol. The van der Waals surface area contributed by atoms with Crippen molar-refractivity contribution in [3.8, 4) is 0 Å². The second-order valence-electron chi connectivity index (χ2n) is 3.56. The maximum atomic E-state index is 12.6. The SMILES string of the molecule is Nc1cc(C(F)F)ccc1NCC(F)(F)C(F)F. The van der Waals surface area contributed by atoms with E-state index < -0.39 is 25.3 Å². The third-order valence-electron chi connectivity index (χ3n) is 2.16. The molecule has 0 heterocycles. The Morgan fingerprint density at radius 3 is 2.22 bits per heavy atom. The summed E-state index contributed by atoms with van der Waals surface area (Å²) in [6.45, 7) is -1.33. The molecule has 0 radical (unpaired) electrons. The van der Waals surface area contributed by atoms with Gasteiger partial charge in [0.1, 0.15) is 0 Å². The molecule has 1 aromatic rings. The zero-order valence-electron chi connectivity index (χ0n) is 8.94.